The van der Waals surface area contributed by atoms with Gasteiger partial charge in [0.05, 0.1) is 38.5 Å². The van der Waals surface area contributed by atoms with Gasteiger partial charge in [0.2, 0.25) is 0 Å². The number of hydrogen-bond acceptors (Lipinski definition) is 10. The smallest absolute Gasteiger partial charge is 0.323 e. The molecule has 1 unspecified atom stereocenters. The van der Waals surface area contributed by atoms with Crippen molar-refractivity contribution in [3.8, 4) is 0 Å². The van der Waals surface area contributed by atoms with Crippen molar-refractivity contribution in [1.82, 2.24) is 14.7 Å². The monoisotopic (exact) mass is 561 g/mol. The maximum atomic E-state index is 11.9. The van der Waals surface area contributed by atoms with E-state index < -0.39 is 49.6 Å². The van der Waals surface area contributed by atoms with E-state index in [1.807, 2.05) is 13.8 Å². The van der Waals surface area contributed by atoms with Gasteiger partial charge in [-0.05, 0) is 12.8 Å². The number of ketones is 1. The number of hydrogen-bond donors (Lipinski definition) is 5. The number of unbranched alkanes of at least 4 members (excludes halogenated alkanes) is 2. The molecule has 0 aromatic carbocycles. The molecule has 0 spiro atoms. The predicted molar refractivity (Wildman–Crippen MR) is 140 cm³/mol. The predicted octanol–water partition coefficient (Wildman–Crippen LogP) is 0.473. The lowest BCUT2D eigenvalue weighted by atomic mass is 10.0. The second-order valence-corrected chi connectivity index (χ2v) is 9.57. The van der Waals surface area contributed by atoms with E-state index in [4.69, 9.17) is 9.84 Å². The van der Waals surface area contributed by atoms with E-state index in [2.05, 4.69) is 6.58 Å². The molecule has 14 heteroatoms. The Balaban J connectivity index is 5.09. The maximum absolute atomic E-state index is 11.9. The molecule has 5 N–H and O–H groups in total. The molecule has 0 aliphatic rings. The molecule has 224 valence electrons. The normalized spacial score (nSPS) is 12.3. The van der Waals surface area contributed by atoms with Crippen molar-refractivity contribution in [2.45, 2.75) is 45.6 Å². The zero-order chi connectivity index (χ0) is 30.0. The second-order valence-electron chi connectivity index (χ2n) is 9.57. The van der Waals surface area contributed by atoms with Crippen molar-refractivity contribution in [3.63, 3.8) is 0 Å². The average Bonchev–Trinajstić information content (AvgIpc) is 2.79. The quantitative estimate of drug-likeness (QED) is 0.0759. The second kappa shape index (κ2) is 19.9. The molecule has 0 heterocycles. The lowest BCUT2D eigenvalue weighted by Gasteiger charge is -2.31. The van der Waals surface area contributed by atoms with Gasteiger partial charge in [-0.3, -0.25) is 38.7 Å². The fraction of sp³-hybridized carbons (Fsp3) is 0.720. The molecule has 0 amide bonds. The zero-order valence-corrected chi connectivity index (χ0v) is 22.8. The number of carboxylic acid groups (broad SMARTS) is 4. The van der Waals surface area contributed by atoms with Crippen molar-refractivity contribution < 1.29 is 54.2 Å². The molecular weight excluding hydrogens is 518 g/mol. The van der Waals surface area contributed by atoms with Gasteiger partial charge in [-0.25, -0.2) is 0 Å². The van der Waals surface area contributed by atoms with Crippen LogP contribution in [0.2, 0.25) is 0 Å². The van der Waals surface area contributed by atoms with E-state index in [0.717, 1.165) is 6.42 Å². The number of rotatable bonds is 25. The van der Waals surface area contributed by atoms with Gasteiger partial charge in [-0.15, -0.1) is 0 Å². The van der Waals surface area contributed by atoms with Crippen LogP contribution in [0.25, 0.3) is 0 Å². The van der Waals surface area contributed by atoms with Gasteiger partial charge in [0.1, 0.15) is 11.8 Å². The van der Waals surface area contributed by atoms with E-state index in [-0.39, 0.29) is 63.4 Å². The number of Topliss-reactive ketones (excluding diaryl/α,β-unsaturated/α-hetero) is 1. The van der Waals surface area contributed by atoms with Crippen LogP contribution in [-0.4, -0.2) is 142 Å². The number of aliphatic hydroxyl groups is 1. The van der Waals surface area contributed by atoms with Crippen molar-refractivity contribution in [1.29, 1.82) is 0 Å². The van der Waals surface area contributed by atoms with Crippen molar-refractivity contribution >= 4 is 29.7 Å². The molecule has 1 atom stereocenters. The summed E-state index contributed by atoms with van der Waals surface area (Å²) in [4.78, 5) is 61.4. The van der Waals surface area contributed by atoms with Gasteiger partial charge in [0.25, 0.3) is 0 Å². The van der Waals surface area contributed by atoms with Gasteiger partial charge in [-0.2, -0.15) is 0 Å². The third-order valence-corrected chi connectivity index (χ3v) is 5.76. The molecule has 0 aromatic rings. The first kappa shape index (κ1) is 35.9. The number of carboxylic acids is 4. The Morgan fingerprint density at radius 1 is 0.718 bits per heavy atom. The molecule has 0 rings (SSSR count). The van der Waals surface area contributed by atoms with Gasteiger partial charge < -0.3 is 30.3 Å². The number of carbonyl (C=O) groups excluding carboxylic acids is 1. The van der Waals surface area contributed by atoms with Crippen LogP contribution in [-0.2, 0) is 28.7 Å². The molecule has 0 aliphatic carbocycles. The summed E-state index contributed by atoms with van der Waals surface area (Å²) in [6.45, 7) is 5.33. The number of carbonyl (C=O) groups is 5. The molecule has 0 bridgehead atoms. The highest BCUT2D eigenvalue weighted by Gasteiger charge is 2.28. The van der Waals surface area contributed by atoms with E-state index in [0.29, 0.717) is 19.3 Å². The molecule has 14 nitrogen and oxygen atoms in total. The van der Waals surface area contributed by atoms with Gasteiger partial charge in [0.15, 0.2) is 0 Å². The molecule has 0 radical (unpaired) electrons. The third kappa shape index (κ3) is 18.8. The fourth-order valence-corrected chi connectivity index (χ4v) is 3.69. The van der Waals surface area contributed by atoms with Crippen LogP contribution in [0.4, 0.5) is 0 Å². The van der Waals surface area contributed by atoms with Crippen molar-refractivity contribution in [2.75, 3.05) is 65.6 Å². The first-order chi connectivity index (χ1) is 18.2. The largest absolute Gasteiger partial charge is 0.512 e. The van der Waals surface area contributed by atoms with Gasteiger partial charge in [-0.1, -0.05) is 26.8 Å². The Morgan fingerprint density at radius 3 is 1.77 bits per heavy atom. The average molecular weight is 562 g/mol. The zero-order valence-electron chi connectivity index (χ0n) is 22.8. The summed E-state index contributed by atoms with van der Waals surface area (Å²) in [6.07, 6.45) is 2.50. The molecule has 0 saturated heterocycles. The Labute approximate surface area is 228 Å². The molecule has 39 heavy (non-hydrogen) atoms. The highest BCUT2D eigenvalue weighted by molar-refractivity contribution is 5.80. The Hall–Kier alpha value is -3.07. The van der Waals surface area contributed by atoms with Crippen LogP contribution in [0, 0.1) is 5.92 Å². The minimum atomic E-state index is -1.29. The summed E-state index contributed by atoms with van der Waals surface area (Å²) in [5.41, 5.74) is 0. The lowest BCUT2D eigenvalue weighted by Crippen LogP contribution is -2.50. The summed E-state index contributed by atoms with van der Waals surface area (Å²) in [6, 6.07) is -1.29. The first-order valence-corrected chi connectivity index (χ1v) is 12.8. The Bertz CT molecular complexity index is 803. The molecular formula is C25H43N3O11. The van der Waals surface area contributed by atoms with Crippen molar-refractivity contribution in [3.05, 3.63) is 12.3 Å². The minimum absolute atomic E-state index is 0.0196. The fourth-order valence-electron chi connectivity index (χ4n) is 3.69. The molecule has 0 aliphatic heterocycles. The highest BCUT2D eigenvalue weighted by Crippen LogP contribution is 2.08. The number of ether oxygens (including phenoxy) is 1. The van der Waals surface area contributed by atoms with Crippen LogP contribution < -0.4 is 0 Å². The first-order valence-electron chi connectivity index (χ1n) is 12.8. The Morgan fingerprint density at radius 2 is 1.26 bits per heavy atom. The van der Waals surface area contributed by atoms with E-state index in [1.165, 1.54) is 14.7 Å². The summed E-state index contributed by atoms with van der Waals surface area (Å²) in [7, 11) is 0. The van der Waals surface area contributed by atoms with Crippen LogP contribution in [0.5, 0.6) is 0 Å². The van der Waals surface area contributed by atoms with Crippen LogP contribution in [0.15, 0.2) is 12.3 Å². The van der Waals surface area contributed by atoms with Gasteiger partial charge >= 0.3 is 23.9 Å². The topological polar surface area (TPSA) is 205 Å². The summed E-state index contributed by atoms with van der Waals surface area (Å²) in [5, 5.41) is 46.8. The van der Waals surface area contributed by atoms with Gasteiger partial charge in [0, 0.05) is 45.1 Å². The number of nitrogens with zero attached hydrogens (tertiary/aromatic N) is 3. The van der Waals surface area contributed by atoms with Crippen LogP contribution in [0.1, 0.15) is 39.5 Å². The number of aliphatic carboxylic acids is 4. The molecule has 0 saturated carbocycles. The highest BCUT2D eigenvalue weighted by atomic mass is 16.5. The van der Waals surface area contributed by atoms with Crippen molar-refractivity contribution in [2.24, 2.45) is 5.92 Å². The lowest BCUT2D eigenvalue weighted by molar-refractivity contribution is -0.149. The van der Waals surface area contributed by atoms with E-state index in [9.17, 15) is 44.4 Å². The number of aliphatic hydroxyl groups excluding tert-OH is 1. The van der Waals surface area contributed by atoms with Crippen LogP contribution in [0.3, 0.4) is 0 Å². The summed E-state index contributed by atoms with van der Waals surface area (Å²) >= 11 is 0. The standard InChI is InChI=1S/C25H43N3O11/c1-18(2)21(30)7-5-4-6-12-39-17-20(25(37)38)28(16-24(35)36)11-10-26(14-22(31)32)8-9-27(13-19(3)29)15-23(33)34/h18,20,29H,3-17H2,1-2H3,(H,31,32)(H,33,34)(H,35,36)(H,37,38). The third-order valence-electron chi connectivity index (χ3n) is 5.76. The molecule has 0 fully saturated rings. The molecule has 0 aromatic heterocycles. The summed E-state index contributed by atoms with van der Waals surface area (Å²) in [5.74, 6) is -4.99. The maximum Gasteiger partial charge on any atom is 0.323 e. The Kier molecular flexibility index (Phi) is 18.4. The minimum Gasteiger partial charge on any atom is -0.512 e. The van der Waals surface area contributed by atoms with Crippen LogP contribution >= 0.6 is 0 Å². The summed E-state index contributed by atoms with van der Waals surface area (Å²) < 4.78 is 5.50. The SMILES string of the molecule is C=C(O)CN(CCN(CCN(CC(=O)O)C(COCCCCCC(=O)C(C)C)C(=O)O)CC(=O)O)CC(=O)O. The van der Waals surface area contributed by atoms with E-state index >= 15 is 0 Å². The van der Waals surface area contributed by atoms with E-state index in [1.54, 1.807) is 0 Å².